The standard InChI is InChI=1S/C24H17ClFN5O5/c25-16-9-12(5-6-17(16)26)27-23(33)28-11-13-10-20(28)21-22(32)30(24(34)29(13)21)18-7-8-19(31(35)36)15-4-2-1-3-14(15)18/h1-9,13,20-21H,10-11H2,(H,27,33). The molecule has 0 spiro atoms. The summed E-state index contributed by atoms with van der Waals surface area (Å²) in [5, 5.41) is 14.7. The van der Waals surface area contributed by atoms with Crippen molar-refractivity contribution >= 4 is 57.4 Å². The summed E-state index contributed by atoms with van der Waals surface area (Å²) in [5.41, 5.74) is 0.438. The maximum absolute atomic E-state index is 13.6. The van der Waals surface area contributed by atoms with Crippen molar-refractivity contribution in [2.24, 2.45) is 0 Å². The van der Waals surface area contributed by atoms with E-state index in [9.17, 15) is 28.9 Å². The molecule has 0 radical (unpaired) electrons. The number of carbonyl (C=O) groups excluding carboxylic acids is 3. The van der Waals surface area contributed by atoms with Gasteiger partial charge in [-0.05, 0) is 36.8 Å². The van der Waals surface area contributed by atoms with Crippen molar-refractivity contribution in [2.45, 2.75) is 24.5 Å². The Morgan fingerprint density at radius 2 is 1.86 bits per heavy atom. The molecule has 3 saturated heterocycles. The minimum Gasteiger partial charge on any atom is -0.317 e. The zero-order valence-electron chi connectivity index (χ0n) is 18.4. The summed E-state index contributed by atoms with van der Waals surface area (Å²) in [7, 11) is 0. The van der Waals surface area contributed by atoms with E-state index in [1.807, 2.05) is 0 Å². The lowest BCUT2D eigenvalue weighted by atomic mass is 10.0. The van der Waals surface area contributed by atoms with Gasteiger partial charge in [-0.2, -0.15) is 0 Å². The number of nitrogens with one attached hydrogen (secondary N) is 1. The molecule has 3 heterocycles. The van der Waals surface area contributed by atoms with Crippen LogP contribution in [0.15, 0.2) is 54.6 Å². The molecule has 12 heteroatoms. The predicted molar refractivity (Wildman–Crippen MR) is 128 cm³/mol. The molecule has 0 saturated carbocycles. The van der Waals surface area contributed by atoms with E-state index in [1.54, 1.807) is 24.3 Å². The second kappa shape index (κ2) is 7.89. The Morgan fingerprint density at radius 3 is 2.58 bits per heavy atom. The highest BCUT2D eigenvalue weighted by Crippen LogP contribution is 2.44. The first-order chi connectivity index (χ1) is 17.3. The Kier molecular flexibility index (Phi) is 4.87. The first-order valence-corrected chi connectivity index (χ1v) is 11.5. The van der Waals surface area contributed by atoms with Gasteiger partial charge in [0.2, 0.25) is 0 Å². The van der Waals surface area contributed by atoms with Crippen molar-refractivity contribution in [3.05, 3.63) is 75.6 Å². The molecule has 10 nitrogen and oxygen atoms in total. The fourth-order valence-corrected chi connectivity index (χ4v) is 5.68. The Labute approximate surface area is 208 Å². The Morgan fingerprint density at radius 1 is 1.11 bits per heavy atom. The molecule has 1 N–H and O–H groups in total. The molecule has 5 amide bonds. The van der Waals surface area contributed by atoms with E-state index in [0.29, 0.717) is 22.9 Å². The van der Waals surface area contributed by atoms with Gasteiger partial charge in [0, 0.05) is 23.7 Å². The van der Waals surface area contributed by atoms with Crippen LogP contribution in [0.3, 0.4) is 0 Å². The maximum Gasteiger partial charge on any atom is 0.332 e. The molecule has 3 fully saturated rings. The number of nitro benzene ring substituents is 1. The lowest BCUT2D eigenvalue weighted by Gasteiger charge is -2.34. The van der Waals surface area contributed by atoms with Crippen molar-refractivity contribution in [2.75, 3.05) is 16.8 Å². The summed E-state index contributed by atoms with van der Waals surface area (Å²) in [5.74, 6) is -1.10. The van der Waals surface area contributed by atoms with Crippen molar-refractivity contribution in [1.29, 1.82) is 0 Å². The second-order valence-corrected chi connectivity index (χ2v) is 9.29. The van der Waals surface area contributed by atoms with Gasteiger partial charge in [0.25, 0.3) is 11.6 Å². The Balaban J connectivity index is 1.30. The smallest absolute Gasteiger partial charge is 0.317 e. The van der Waals surface area contributed by atoms with E-state index in [4.69, 9.17) is 11.6 Å². The number of hydrogen-bond acceptors (Lipinski definition) is 5. The molecule has 182 valence electrons. The molecule has 2 bridgehead atoms. The van der Waals surface area contributed by atoms with Gasteiger partial charge in [0.05, 0.1) is 33.1 Å². The third kappa shape index (κ3) is 3.12. The molecule has 3 aromatic rings. The molecule has 3 atom stereocenters. The van der Waals surface area contributed by atoms with Crippen LogP contribution < -0.4 is 10.2 Å². The summed E-state index contributed by atoms with van der Waals surface area (Å²) in [6.07, 6.45) is 0.453. The van der Waals surface area contributed by atoms with E-state index in [-0.39, 0.29) is 29.0 Å². The van der Waals surface area contributed by atoms with Crippen molar-refractivity contribution in [1.82, 2.24) is 9.80 Å². The summed E-state index contributed by atoms with van der Waals surface area (Å²) < 4.78 is 13.5. The Hall–Kier alpha value is -4.25. The van der Waals surface area contributed by atoms with Crippen LogP contribution in [0.2, 0.25) is 5.02 Å². The van der Waals surface area contributed by atoms with E-state index < -0.39 is 40.8 Å². The van der Waals surface area contributed by atoms with E-state index in [2.05, 4.69) is 5.32 Å². The lowest BCUT2D eigenvalue weighted by Crippen LogP contribution is -2.55. The number of hydrogen-bond donors (Lipinski definition) is 1. The zero-order chi connectivity index (χ0) is 25.3. The van der Waals surface area contributed by atoms with Crippen molar-refractivity contribution < 1.29 is 23.7 Å². The van der Waals surface area contributed by atoms with Gasteiger partial charge < -0.3 is 15.1 Å². The average molecular weight is 510 g/mol. The monoisotopic (exact) mass is 509 g/mol. The maximum atomic E-state index is 13.6. The molecule has 36 heavy (non-hydrogen) atoms. The number of amides is 5. The van der Waals surface area contributed by atoms with E-state index in [0.717, 1.165) is 11.0 Å². The molecule has 3 aliphatic rings. The van der Waals surface area contributed by atoms with E-state index in [1.165, 1.54) is 34.1 Å². The van der Waals surface area contributed by atoms with Gasteiger partial charge in [0.15, 0.2) is 0 Å². The molecule has 0 aromatic heterocycles. The average Bonchev–Trinajstić information content (AvgIpc) is 3.52. The predicted octanol–water partition coefficient (Wildman–Crippen LogP) is 4.37. The number of fused-ring (bicyclic) bond motifs is 6. The van der Waals surface area contributed by atoms with Gasteiger partial charge in [0.1, 0.15) is 11.9 Å². The third-order valence-electron chi connectivity index (χ3n) is 7.01. The number of carbonyl (C=O) groups is 3. The number of halogens is 2. The van der Waals surface area contributed by atoms with Gasteiger partial charge in [-0.1, -0.05) is 29.8 Å². The molecule has 3 aromatic carbocycles. The normalized spacial score (nSPS) is 22.5. The highest BCUT2D eigenvalue weighted by molar-refractivity contribution is 6.31. The summed E-state index contributed by atoms with van der Waals surface area (Å²) in [4.78, 5) is 55.0. The SMILES string of the molecule is O=C1C2C3CC(CN3C(=O)Nc3ccc(F)c(Cl)c3)N2C(=O)N1c1ccc([N+](=O)[O-])c2ccccc12. The first-order valence-electron chi connectivity index (χ1n) is 11.1. The van der Waals surface area contributed by atoms with Gasteiger partial charge in [-0.3, -0.25) is 14.9 Å². The van der Waals surface area contributed by atoms with Crippen LogP contribution in [-0.2, 0) is 4.79 Å². The topological polar surface area (TPSA) is 116 Å². The number of non-ortho nitro benzene ring substituents is 1. The fourth-order valence-electron chi connectivity index (χ4n) is 5.50. The van der Waals surface area contributed by atoms with Crippen LogP contribution in [0, 0.1) is 15.9 Å². The highest BCUT2D eigenvalue weighted by atomic mass is 35.5. The summed E-state index contributed by atoms with van der Waals surface area (Å²) in [6.45, 7) is 0.232. The zero-order valence-corrected chi connectivity index (χ0v) is 19.2. The quantitative estimate of drug-likeness (QED) is 0.320. The van der Waals surface area contributed by atoms with Gasteiger partial charge >= 0.3 is 12.1 Å². The molecule has 3 unspecified atom stereocenters. The molecular formula is C24H17ClFN5O5. The third-order valence-corrected chi connectivity index (χ3v) is 7.30. The van der Waals surface area contributed by atoms with Gasteiger partial charge in [-0.15, -0.1) is 0 Å². The van der Waals surface area contributed by atoms with Crippen LogP contribution in [0.25, 0.3) is 10.8 Å². The largest absolute Gasteiger partial charge is 0.332 e. The number of urea groups is 2. The fraction of sp³-hybridized carbons (Fsp3) is 0.208. The van der Waals surface area contributed by atoms with Crippen LogP contribution in [-0.4, -0.2) is 57.4 Å². The number of piperazine rings is 1. The number of nitro groups is 1. The van der Waals surface area contributed by atoms with Crippen LogP contribution in [0.5, 0.6) is 0 Å². The molecular weight excluding hydrogens is 493 g/mol. The van der Waals surface area contributed by atoms with E-state index >= 15 is 0 Å². The van der Waals surface area contributed by atoms with Crippen LogP contribution in [0.1, 0.15) is 6.42 Å². The first kappa shape index (κ1) is 22.2. The van der Waals surface area contributed by atoms with Crippen molar-refractivity contribution in [3.63, 3.8) is 0 Å². The van der Waals surface area contributed by atoms with Crippen molar-refractivity contribution in [3.8, 4) is 0 Å². The Bertz CT molecular complexity index is 1500. The number of benzene rings is 3. The highest BCUT2D eigenvalue weighted by Gasteiger charge is 2.63. The minimum absolute atomic E-state index is 0.127. The molecule has 6 rings (SSSR count). The van der Waals surface area contributed by atoms with Crippen LogP contribution >= 0.6 is 11.6 Å². The second-order valence-electron chi connectivity index (χ2n) is 8.88. The summed E-state index contributed by atoms with van der Waals surface area (Å²) in [6, 6.07) is 10.3. The molecule has 3 aliphatic heterocycles. The minimum atomic E-state index is -0.868. The number of nitrogens with zero attached hydrogens (tertiary/aromatic N) is 4. The van der Waals surface area contributed by atoms with Gasteiger partial charge in [-0.25, -0.2) is 18.9 Å². The number of imide groups is 1. The molecule has 0 aliphatic carbocycles. The van der Waals surface area contributed by atoms with Crippen LogP contribution in [0.4, 0.5) is 31.0 Å². The lowest BCUT2D eigenvalue weighted by molar-refractivity contribution is -0.383. The number of rotatable bonds is 3. The summed E-state index contributed by atoms with van der Waals surface area (Å²) >= 11 is 5.80. The number of anilines is 2. The number of likely N-dealkylation sites (tertiary alicyclic amines) is 1.